The van der Waals surface area contributed by atoms with Crippen molar-refractivity contribution in [3.8, 4) is 0 Å². The molecule has 4 nitrogen and oxygen atoms in total. The summed E-state index contributed by atoms with van der Waals surface area (Å²) in [7, 11) is 0. The Morgan fingerprint density at radius 3 is 2.19 bits per heavy atom. The molecular formula is C16H15BrN2O2. The number of anilines is 1. The molecule has 2 rings (SSSR count). The molecule has 0 aromatic heterocycles. The van der Waals surface area contributed by atoms with Gasteiger partial charge in [0.2, 0.25) is 0 Å². The predicted molar refractivity (Wildman–Crippen MR) is 86.4 cm³/mol. The van der Waals surface area contributed by atoms with Crippen molar-refractivity contribution in [3.63, 3.8) is 0 Å². The number of nitrogens with one attached hydrogen (secondary N) is 2. The van der Waals surface area contributed by atoms with Crippen LogP contribution in [-0.4, -0.2) is 11.8 Å². The second kappa shape index (κ2) is 7.04. The van der Waals surface area contributed by atoms with Crippen molar-refractivity contribution in [3.05, 3.63) is 64.1 Å². The molecule has 0 aliphatic rings. The maximum atomic E-state index is 11.8. The third kappa shape index (κ3) is 4.72. The minimum Gasteiger partial charge on any atom is -0.334 e. The minimum absolute atomic E-state index is 0.00115. The zero-order valence-electron chi connectivity index (χ0n) is 11.5. The molecule has 2 aromatic rings. The van der Waals surface area contributed by atoms with E-state index in [0.717, 1.165) is 10.0 Å². The van der Waals surface area contributed by atoms with Gasteiger partial charge in [0, 0.05) is 22.3 Å². The molecular weight excluding hydrogens is 332 g/mol. The summed E-state index contributed by atoms with van der Waals surface area (Å²) in [5.41, 5.74) is 2.28. The Labute approximate surface area is 131 Å². The number of hydrogen-bond acceptors (Lipinski definition) is 2. The van der Waals surface area contributed by atoms with Crippen LogP contribution in [0.25, 0.3) is 0 Å². The SMILES string of the molecule is CC(=O)c1ccc(NC(=O)NCc2ccc(Br)cc2)cc1. The van der Waals surface area contributed by atoms with Gasteiger partial charge in [-0.2, -0.15) is 0 Å². The maximum absolute atomic E-state index is 11.8. The van der Waals surface area contributed by atoms with Gasteiger partial charge in [0.25, 0.3) is 0 Å². The molecule has 2 aromatic carbocycles. The van der Waals surface area contributed by atoms with Crippen molar-refractivity contribution in [2.45, 2.75) is 13.5 Å². The Morgan fingerprint density at radius 1 is 1.00 bits per heavy atom. The summed E-state index contributed by atoms with van der Waals surface area (Å²) in [6.07, 6.45) is 0. The van der Waals surface area contributed by atoms with Crippen LogP contribution in [0.1, 0.15) is 22.8 Å². The third-order valence-corrected chi connectivity index (χ3v) is 3.44. The number of halogens is 1. The van der Waals surface area contributed by atoms with Crippen molar-refractivity contribution in [1.82, 2.24) is 5.32 Å². The number of carbonyl (C=O) groups is 2. The molecule has 0 radical (unpaired) electrons. The Hall–Kier alpha value is -2.14. The second-order valence-electron chi connectivity index (χ2n) is 4.57. The van der Waals surface area contributed by atoms with E-state index in [-0.39, 0.29) is 11.8 Å². The molecule has 0 aliphatic heterocycles. The normalized spacial score (nSPS) is 10.0. The molecule has 108 valence electrons. The van der Waals surface area contributed by atoms with E-state index < -0.39 is 0 Å². The van der Waals surface area contributed by atoms with Crippen LogP contribution in [0.2, 0.25) is 0 Å². The van der Waals surface area contributed by atoms with E-state index in [1.54, 1.807) is 24.3 Å². The van der Waals surface area contributed by atoms with E-state index in [1.807, 2.05) is 24.3 Å². The zero-order chi connectivity index (χ0) is 15.2. The second-order valence-corrected chi connectivity index (χ2v) is 5.48. The van der Waals surface area contributed by atoms with Crippen LogP contribution in [0.15, 0.2) is 53.0 Å². The van der Waals surface area contributed by atoms with Crippen LogP contribution >= 0.6 is 15.9 Å². The number of ketones is 1. The third-order valence-electron chi connectivity index (χ3n) is 2.92. The number of amides is 2. The molecule has 0 fully saturated rings. The summed E-state index contributed by atoms with van der Waals surface area (Å²) in [5.74, 6) is 0.00115. The van der Waals surface area contributed by atoms with Gasteiger partial charge in [-0.25, -0.2) is 4.79 Å². The topological polar surface area (TPSA) is 58.2 Å². The predicted octanol–water partition coefficient (Wildman–Crippen LogP) is 3.97. The molecule has 2 amide bonds. The molecule has 0 spiro atoms. The van der Waals surface area contributed by atoms with Gasteiger partial charge in [-0.3, -0.25) is 4.79 Å². The van der Waals surface area contributed by atoms with Crippen LogP contribution in [0, 0.1) is 0 Å². The lowest BCUT2D eigenvalue weighted by atomic mass is 10.1. The lowest BCUT2D eigenvalue weighted by Crippen LogP contribution is -2.28. The summed E-state index contributed by atoms with van der Waals surface area (Å²) in [6, 6.07) is 14.2. The molecule has 0 heterocycles. The highest BCUT2D eigenvalue weighted by Gasteiger charge is 2.03. The van der Waals surface area contributed by atoms with E-state index >= 15 is 0 Å². The average molecular weight is 347 g/mol. The monoisotopic (exact) mass is 346 g/mol. The van der Waals surface area contributed by atoms with Gasteiger partial charge in [0.05, 0.1) is 0 Å². The molecule has 2 N–H and O–H groups in total. The minimum atomic E-state index is -0.284. The quantitative estimate of drug-likeness (QED) is 0.822. The average Bonchev–Trinajstić information content (AvgIpc) is 2.47. The van der Waals surface area contributed by atoms with Crippen LogP contribution in [0.5, 0.6) is 0 Å². The largest absolute Gasteiger partial charge is 0.334 e. The number of carbonyl (C=O) groups excluding carboxylic acids is 2. The van der Waals surface area contributed by atoms with Crippen molar-refractivity contribution < 1.29 is 9.59 Å². The standard InChI is InChI=1S/C16H15BrN2O2/c1-11(20)13-4-8-15(9-5-13)19-16(21)18-10-12-2-6-14(17)7-3-12/h2-9H,10H2,1H3,(H2,18,19,21). The smallest absolute Gasteiger partial charge is 0.319 e. The first-order valence-corrected chi connectivity index (χ1v) is 7.24. The zero-order valence-corrected chi connectivity index (χ0v) is 13.1. The Morgan fingerprint density at radius 2 is 1.62 bits per heavy atom. The van der Waals surface area contributed by atoms with Gasteiger partial charge >= 0.3 is 6.03 Å². The summed E-state index contributed by atoms with van der Waals surface area (Å²) in [5, 5.41) is 5.49. The van der Waals surface area contributed by atoms with Crippen molar-refractivity contribution >= 4 is 33.4 Å². The highest BCUT2D eigenvalue weighted by molar-refractivity contribution is 9.10. The fourth-order valence-electron chi connectivity index (χ4n) is 1.75. The molecule has 21 heavy (non-hydrogen) atoms. The van der Waals surface area contributed by atoms with Gasteiger partial charge in [-0.15, -0.1) is 0 Å². The molecule has 0 aliphatic carbocycles. The molecule has 5 heteroatoms. The van der Waals surface area contributed by atoms with E-state index in [0.29, 0.717) is 17.8 Å². The summed E-state index contributed by atoms with van der Waals surface area (Å²) < 4.78 is 1.00. The fraction of sp³-hybridized carbons (Fsp3) is 0.125. The van der Waals surface area contributed by atoms with Gasteiger partial charge in [0.15, 0.2) is 5.78 Å². The van der Waals surface area contributed by atoms with Crippen molar-refractivity contribution in [1.29, 1.82) is 0 Å². The highest BCUT2D eigenvalue weighted by atomic mass is 79.9. The van der Waals surface area contributed by atoms with Gasteiger partial charge < -0.3 is 10.6 Å². The van der Waals surface area contributed by atoms with E-state index in [4.69, 9.17) is 0 Å². The Kier molecular flexibility index (Phi) is 5.11. The fourth-order valence-corrected chi connectivity index (χ4v) is 2.01. The van der Waals surface area contributed by atoms with E-state index in [1.165, 1.54) is 6.92 Å². The number of hydrogen-bond donors (Lipinski definition) is 2. The molecule has 0 saturated heterocycles. The van der Waals surface area contributed by atoms with Crippen LogP contribution < -0.4 is 10.6 Å². The first-order valence-electron chi connectivity index (χ1n) is 6.45. The van der Waals surface area contributed by atoms with E-state index in [9.17, 15) is 9.59 Å². The van der Waals surface area contributed by atoms with Crippen molar-refractivity contribution in [2.75, 3.05) is 5.32 Å². The van der Waals surface area contributed by atoms with Crippen LogP contribution in [0.4, 0.5) is 10.5 Å². The number of benzene rings is 2. The van der Waals surface area contributed by atoms with E-state index in [2.05, 4.69) is 26.6 Å². The summed E-state index contributed by atoms with van der Waals surface area (Å²) >= 11 is 3.36. The number of urea groups is 1. The summed E-state index contributed by atoms with van der Waals surface area (Å²) in [4.78, 5) is 22.9. The lowest BCUT2D eigenvalue weighted by molar-refractivity contribution is 0.101. The Balaban J connectivity index is 1.86. The first kappa shape index (κ1) is 15.3. The van der Waals surface area contributed by atoms with Crippen molar-refractivity contribution in [2.24, 2.45) is 0 Å². The van der Waals surface area contributed by atoms with Crippen LogP contribution in [0.3, 0.4) is 0 Å². The number of rotatable bonds is 4. The molecule has 0 saturated carbocycles. The lowest BCUT2D eigenvalue weighted by Gasteiger charge is -2.08. The molecule has 0 unspecified atom stereocenters. The van der Waals surface area contributed by atoms with Gasteiger partial charge in [0.1, 0.15) is 0 Å². The molecule has 0 atom stereocenters. The van der Waals surface area contributed by atoms with Crippen LogP contribution in [-0.2, 0) is 6.54 Å². The summed E-state index contributed by atoms with van der Waals surface area (Å²) in [6.45, 7) is 1.96. The van der Waals surface area contributed by atoms with Gasteiger partial charge in [-0.05, 0) is 48.9 Å². The van der Waals surface area contributed by atoms with Gasteiger partial charge in [-0.1, -0.05) is 28.1 Å². The molecule has 0 bridgehead atoms. The number of Topliss-reactive ketones (excluding diaryl/α,β-unsaturated/α-hetero) is 1. The highest BCUT2D eigenvalue weighted by Crippen LogP contribution is 2.11. The maximum Gasteiger partial charge on any atom is 0.319 e. The first-order chi connectivity index (χ1) is 10.0. The Bertz CT molecular complexity index is 636.